The highest BCUT2D eigenvalue weighted by atomic mass is 32.2. The molecular formula is C22H35N3O3S. The fourth-order valence-corrected chi connectivity index (χ4v) is 7.31. The summed E-state index contributed by atoms with van der Waals surface area (Å²) in [5.74, 6) is 1.55. The minimum atomic E-state index is -3.24. The van der Waals surface area contributed by atoms with Crippen molar-refractivity contribution in [1.82, 2.24) is 9.21 Å². The van der Waals surface area contributed by atoms with Crippen LogP contribution in [0.4, 0.5) is 0 Å². The summed E-state index contributed by atoms with van der Waals surface area (Å²) in [5, 5.41) is 0. The van der Waals surface area contributed by atoms with Crippen LogP contribution in [0.25, 0.3) is 0 Å². The Balaban J connectivity index is 1.58. The van der Waals surface area contributed by atoms with Crippen molar-refractivity contribution in [1.29, 1.82) is 0 Å². The molecule has 7 heteroatoms. The molecule has 0 spiro atoms. The molecule has 0 saturated carbocycles. The third kappa shape index (κ3) is 4.33. The summed E-state index contributed by atoms with van der Waals surface area (Å²) in [4.78, 5) is 2.59. The molecule has 0 bridgehead atoms. The molecule has 6 nitrogen and oxygen atoms in total. The van der Waals surface area contributed by atoms with E-state index in [-0.39, 0.29) is 17.9 Å². The Hall–Kier alpha value is -1.15. The lowest BCUT2D eigenvalue weighted by molar-refractivity contribution is 0.0219. The van der Waals surface area contributed by atoms with Gasteiger partial charge in [-0.05, 0) is 81.7 Å². The third-order valence-electron chi connectivity index (χ3n) is 6.72. The van der Waals surface area contributed by atoms with E-state index < -0.39 is 10.0 Å². The zero-order valence-corrected chi connectivity index (χ0v) is 18.5. The summed E-state index contributed by atoms with van der Waals surface area (Å²) in [6.45, 7) is 7.23. The minimum absolute atomic E-state index is 0.116. The summed E-state index contributed by atoms with van der Waals surface area (Å²) in [6, 6.07) is 6.89. The van der Waals surface area contributed by atoms with Crippen LogP contribution in [0.3, 0.4) is 0 Å². The monoisotopic (exact) mass is 421 g/mol. The molecule has 0 aromatic heterocycles. The second-order valence-electron chi connectivity index (χ2n) is 9.06. The molecule has 4 rings (SSSR count). The van der Waals surface area contributed by atoms with E-state index in [2.05, 4.69) is 23.1 Å². The van der Waals surface area contributed by atoms with E-state index in [9.17, 15) is 8.42 Å². The Labute approximate surface area is 175 Å². The Morgan fingerprint density at radius 3 is 2.86 bits per heavy atom. The van der Waals surface area contributed by atoms with Crippen LogP contribution in [0.5, 0.6) is 5.75 Å². The molecule has 0 amide bonds. The topological polar surface area (TPSA) is 75.9 Å². The number of fused-ring (bicyclic) bond motifs is 4. The normalized spacial score (nSPS) is 27.9. The van der Waals surface area contributed by atoms with E-state index in [4.69, 9.17) is 10.5 Å². The SMILES string of the molecule is CC(C)Oc1ccc2c(c1)CCN1C[C@H]3CCCN(S(=O)(=O)CCCN)[C@H]3C[C@@H]21. The molecule has 2 saturated heterocycles. The van der Waals surface area contributed by atoms with Crippen molar-refractivity contribution in [2.45, 2.75) is 64.1 Å². The van der Waals surface area contributed by atoms with E-state index >= 15 is 0 Å². The van der Waals surface area contributed by atoms with Gasteiger partial charge in [0.25, 0.3) is 0 Å². The van der Waals surface area contributed by atoms with Crippen molar-refractivity contribution in [2.24, 2.45) is 11.7 Å². The van der Waals surface area contributed by atoms with Gasteiger partial charge in [-0.15, -0.1) is 0 Å². The molecule has 162 valence electrons. The Bertz CT molecular complexity index is 827. The predicted octanol–water partition coefficient (Wildman–Crippen LogP) is 2.54. The van der Waals surface area contributed by atoms with Crippen molar-refractivity contribution >= 4 is 10.0 Å². The number of sulfonamides is 1. The van der Waals surface area contributed by atoms with Crippen LogP contribution in [0.2, 0.25) is 0 Å². The van der Waals surface area contributed by atoms with Gasteiger partial charge in [0.05, 0.1) is 11.9 Å². The lowest BCUT2D eigenvalue weighted by Gasteiger charge is -2.51. The molecule has 0 unspecified atom stereocenters. The number of ether oxygens (including phenoxy) is 1. The number of hydrogen-bond donors (Lipinski definition) is 1. The van der Waals surface area contributed by atoms with Gasteiger partial charge in [-0.25, -0.2) is 8.42 Å². The van der Waals surface area contributed by atoms with Crippen LogP contribution in [0.1, 0.15) is 56.7 Å². The maximum atomic E-state index is 13.0. The summed E-state index contributed by atoms with van der Waals surface area (Å²) in [7, 11) is -3.24. The number of rotatable bonds is 6. The second kappa shape index (κ2) is 8.53. The fraction of sp³-hybridized carbons (Fsp3) is 0.727. The standard InChI is InChI=1S/C22H35N3O3S/c1-16(2)28-19-6-7-20-17(13-19)8-11-24-15-18-5-3-10-25(21(18)14-22(20)24)29(26,27)12-4-9-23/h6-7,13,16,18,21-22H,3-5,8-12,14-15,23H2,1-2H3/t18-,21+,22+/m1/s1. The molecular weight excluding hydrogens is 386 g/mol. The molecule has 2 N–H and O–H groups in total. The Morgan fingerprint density at radius 2 is 2.10 bits per heavy atom. The van der Waals surface area contributed by atoms with Gasteiger partial charge in [-0.1, -0.05) is 6.07 Å². The van der Waals surface area contributed by atoms with Crippen LogP contribution in [-0.4, -0.2) is 61.7 Å². The van der Waals surface area contributed by atoms with E-state index in [0.717, 1.165) is 44.5 Å². The number of benzene rings is 1. The van der Waals surface area contributed by atoms with Gasteiger partial charge in [0.15, 0.2) is 0 Å². The maximum Gasteiger partial charge on any atom is 0.214 e. The summed E-state index contributed by atoms with van der Waals surface area (Å²) >= 11 is 0. The predicted molar refractivity (Wildman–Crippen MR) is 116 cm³/mol. The van der Waals surface area contributed by atoms with Crippen LogP contribution in [-0.2, 0) is 16.4 Å². The van der Waals surface area contributed by atoms with Gasteiger partial charge in [0.1, 0.15) is 5.75 Å². The molecule has 3 atom stereocenters. The molecule has 3 aliphatic heterocycles. The molecule has 2 fully saturated rings. The van der Waals surface area contributed by atoms with E-state index in [1.807, 2.05) is 18.2 Å². The van der Waals surface area contributed by atoms with E-state index in [0.29, 0.717) is 31.5 Å². The largest absolute Gasteiger partial charge is 0.491 e. The number of hydrogen-bond acceptors (Lipinski definition) is 5. The van der Waals surface area contributed by atoms with Crippen molar-refractivity contribution in [3.63, 3.8) is 0 Å². The van der Waals surface area contributed by atoms with E-state index in [1.54, 1.807) is 0 Å². The first kappa shape index (κ1) is 21.1. The average Bonchev–Trinajstić information content (AvgIpc) is 2.69. The summed E-state index contributed by atoms with van der Waals surface area (Å²) < 4.78 is 33.7. The second-order valence-corrected chi connectivity index (χ2v) is 11.1. The quantitative estimate of drug-likeness (QED) is 0.764. The lowest BCUT2D eigenvalue weighted by Crippen LogP contribution is -2.57. The van der Waals surface area contributed by atoms with Crippen LogP contribution in [0, 0.1) is 5.92 Å². The Morgan fingerprint density at radius 1 is 1.28 bits per heavy atom. The first-order chi connectivity index (χ1) is 13.9. The minimum Gasteiger partial charge on any atom is -0.491 e. The fourth-order valence-electron chi connectivity index (χ4n) is 5.46. The molecule has 1 aromatic rings. The van der Waals surface area contributed by atoms with E-state index in [1.165, 1.54) is 11.1 Å². The van der Waals surface area contributed by atoms with Gasteiger partial charge in [0, 0.05) is 31.7 Å². The highest BCUT2D eigenvalue weighted by Gasteiger charge is 2.45. The Kier molecular flexibility index (Phi) is 6.21. The van der Waals surface area contributed by atoms with Crippen LogP contribution < -0.4 is 10.5 Å². The first-order valence-corrected chi connectivity index (χ1v) is 12.7. The van der Waals surface area contributed by atoms with Gasteiger partial charge >= 0.3 is 0 Å². The zero-order chi connectivity index (χ0) is 20.6. The summed E-state index contributed by atoms with van der Waals surface area (Å²) in [6.07, 6.45) is 4.73. The smallest absolute Gasteiger partial charge is 0.214 e. The van der Waals surface area contributed by atoms with Crippen molar-refractivity contribution in [3.8, 4) is 5.75 Å². The molecule has 3 aliphatic rings. The molecule has 29 heavy (non-hydrogen) atoms. The van der Waals surface area contributed by atoms with Crippen molar-refractivity contribution in [3.05, 3.63) is 29.3 Å². The number of nitrogens with zero attached hydrogens (tertiary/aromatic N) is 2. The van der Waals surface area contributed by atoms with Gasteiger partial charge < -0.3 is 10.5 Å². The molecule has 0 aliphatic carbocycles. The van der Waals surface area contributed by atoms with Gasteiger partial charge in [-0.2, -0.15) is 4.31 Å². The first-order valence-electron chi connectivity index (χ1n) is 11.1. The highest BCUT2D eigenvalue weighted by Crippen LogP contribution is 2.44. The van der Waals surface area contributed by atoms with Gasteiger partial charge in [0.2, 0.25) is 10.0 Å². The summed E-state index contributed by atoms with van der Waals surface area (Å²) in [5.41, 5.74) is 8.29. The zero-order valence-electron chi connectivity index (χ0n) is 17.7. The van der Waals surface area contributed by atoms with Crippen molar-refractivity contribution < 1.29 is 13.2 Å². The lowest BCUT2D eigenvalue weighted by atomic mass is 9.77. The highest BCUT2D eigenvalue weighted by molar-refractivity contribution is 7.89. The maximum absolute atomic E-state index is 13.0. The molecule has 0 radical (unpaired) electrons. The van der Waals surface area contributed by atoms with Crippen LogP contribution >= 0.6 is 0 Å². The molecule has 1 aromatic carbocycles. The van der Waals surface area contributed by atoms with Crippen LogP contribution in [0.15, 0.2) is 18.2 Å². The number of nitrogens with two attached hydrogens (primary N) is 1. The number of piperidine rings is 2. The van der Waals surface area contributed by atoms with Crippen molar-refractivity contribution in [2.75, 3.05) is 31.9 Å². The van der Waals surface area contributed by atoms with Gasteiger partial charge in [-0.3, -0.25) is 4.90 Å². The molecule has 3 heterocycles. The average molecular weight is 422 g/mol. The third-order valence-corrected chi connectivity index (χ3v) is 8.69.